The Morgan fingerprint density at radius 2 is 1.95 bits per heavy atom. The first-order valence-corrected chi connectivity index (χ1v) is 6.22. The number of aromatic nitrogens is 1. The molecule has 0 aliphatic rings. The average Bonchev–Trinajstić information content (AvgIpc) is 2.39. The predicted molar refractivity (Wildman–Crippen MR) is 73.3 cm³/mol. The smallest absolute Gasteiger partial charge is 0.258 e. The van der Waals surface area contributed by atoms with Crippen LogP contribution in [0.5, 0.6) is 0 Å². The number of benzene rings is 1. The summed E-state index contributed by atoms with van der Waals surface area (Å²) in [6, 6.07) is 4.06. The van der Waals surface area contributed by atoms with E-state index in [1.165, 1.54) is 6.07 Å². The summed E-state index contributed by atoms with van der Waals surface area (Å²) in [6.07, 6.45) is 0.997. The van der Waals surface area contributed by atoms with E-state index in [0.29, 0.717) is 5.02 Å². The van der Waals surface area contributed by atoms with Gasteiger partial charge in [0.1, 0.15) is 0 Å². The number of pyridine rings is 1. The summed E-state index contributed by atoms with van der Waals surface area (Å²) < 4.78 is 26.4. The van der Waals surface area contributed by atoms with Crippen molar-refractivity contribution < 1.29 is 13.6 Å². The van der Waals surface area contributed by atoms with E-state index >= 15 is 0 Å². The molecule has 2 aromatic rings. The van der Waals surface area contributed by atoms with Gasteiger partial charge in [-0.1, -0.05) is 23.2 Å². The van der Waals surface area contributed by atoms with E-state index in [2.05, 4.69) is 10.3 Å². The van der Waals surface area contributed by atoms with Gasteiger partial charge < -0.3 is 5.32 Å². The van der Waals surface area contributed by atoms with Crippen LogP contribution in [0.25, 0.3) is 0 Å². The lowest BCUT2D eigenvalue weighted by Crippen LogP contribution is -2.15. The number of nitrogens with zero attached hydrogens (tertiary/aromatic N) is 1. The quantitative estimate of drug-likeness (QED) is 0.842. The summed E-state index contributed by atoms with van der Waals surface area (Å²) >= 11 is 11.9. The number of amides is 1. The largest absolute Gasteiger partial charge is 0.320 e. The van der Waals surface area contributed by atoms with Crippen molar-refractivity contribution in [3.63, 3.8) is 0 Å². The van der Waals surface area contributed by atoms with Gasteiger partial charge >= 0.3 is 0 Å². The van der Waals surface area contributed by atoms with Crippen LogP contribution in [0, 0.1) is 18.7 Å². The summed E-state index contributed by atoms with van der Waals surface area (Å²) in [5, 5.41) is 3.01. The Bertz CT molecular complexity index is 692. The van der Waals surface area contributed by atoms with Gasteiger partial charge in [0.15, 0.2) is 5.82 Å². The number of carbonyl (C=O) groups is 1. The topological polar surface area (TPSA) is 42.0 Å². The second kappa shape index (κ2) is 5.73. The third kappa shape index (κ3) is 2.89. The van der Waals surface area contributed by atoms with Crippen LogP contribution in [0.4, 0.5) is 14.5 Å². The first-order valence-electron chi connectivity index (χ1n) is 5.47. The molecule has 1 aromatic heterocycles. The molecule has 7 heteroatoms. The minimum atomic E-state index is -1.34. The van der Waals surface area contributed by atoms with Crippen molar-refractivity contribution in [1.29, 1.82) is 0 Å². The maximum atomic E-state index is 13.4. The van der Waals surface area contributed by atoms with Crippen molar-refractivity contribution in [2.24, 2.45) is 0 Å². The highest BCUT2D eigenvalue weighted by Gasteiger charge is 2.17. The van der Waals surface area contributed by atoms with Gasteiger partial charge in [-0.2, -0.15) is 4.39 Å². The molecular formula is C13H8Cl2F2N2O. The molecule has 0 spiro atoms. The molecule has 0 aliphatic heterocycles. The van der Waals surface area contributed by atoms with E-state index in [4.69, 9.17) is 23.2 Å². The zero-order chi connectivity index (χ0) is 14.9. The van der Waals surface area contributed by atoms with Crippen LogP contribution < -0.4 is 5.32 Å². The lowest BCUT2D eigenvalue weighted by Gasteiger charge is -2.09. The van der Waals surface area contributed by atoms with E-state index in [0.717, 1.165) is 17.8 Å². The van der Waals surface area contributed by atoms with Crippen molar-refractivity contribution in [3.05, 3.63) is 57.3 Å². The number of rotatable bonds is 2. The lowest BCUT2D eigenvalue weighted by atomic mass is 10.2. The summed E-state index contributed by atoms with van der Waals surface area (Å²) in [5.41, 5.74) is 0.477. The first-order chi connectivity index (χ1) is 9.40. The van der Waals surface area contributed by atoms with Crippen LogP contribution in [-0.4, -0.2) is 10.9 Å². The van der Waals surface area contributed by atoms with Gasteiger partial charge in [0.2, 0.25) is 5.95 Å². The summed E-state index contributed by atoms with van der Waals surface area (Å²) in [6.45, 7) is 1.75. The zero-order valence-electron chi connectivity index (χ0n) is 10.2. The SMILES string of the molecule is Cc1cc(Cl)c(NC(=O)c2ccnc(F)c2F)cc1Cl. The van der Waals surface area contributed by atoms with Crippen LogP contribution in [0.2, 0.25) is 10.0 Å². The molecule has 1 amide bonds. The molecular weight excluding hydrogens is 309 g/mol. The number of hydrogen-bond acceptors (Lipinski definition) is 2. The van der Waals surface area contributed by atoms with Crippen LogP contribution in [0.15, 0.2) is 24.4 Å². The van der Waals surface area contributed by atoms with E-state index in [1.54, 1.807) is 13.0 Å². The van der Waals surface area contributed by atoms with Gasteiger partial charge in [0, 0.05) is 11.2 Å². The molecule has 0 saturated heterocycles. The Kier molecular flexibility index (Phi) is 4.20. The molecule has 0 saturated carbocycles. The van der Waals surface area contributed by atoms with Crippen molar-refractivity contribution in [1.82, 2.24) is 4.98 Å². The van der Waals surface area contributed by atoms with Crippen molar-refractivity contribution >= 4 is 34.8 Å². The number of anilines is 1. The van der Waals surface area contributed by atoms with Crippen LogP contribution in [-0.2, 0) is 0 Å². The molecule has 2 rings (SSSR count). The molecule has 0 aliphatic carbocycles. The third-order valence-electron chi connectivity index (χ3n) is 2.59. The standard InChI is InChI=1S/C13H8Cl2F2N2O/c1-6-4-9(15)10(5-8(6)14)19-13(20)7-2-3-18-12(17)11(7)16/h2-5H,1H3,(H,19,20). The number of halogens is 4. The first kappa shape index (κ1) is 14.7. The molecule has 0 unspecified atom stereocenters. The highest BCUT2D eigenvalue weighted by atomic mass is 35.5. The van der Waals surface area contributed by atoms with Crippen LogP contribution in [0.3, 0.4) is 0 Å². The van der Waals surface area contributed by atoms with Gasteiger partial charge in [-0.05, 0) is 30.7 Å². The van der Waals surface area contributed by atoms with E-state index in [1.807, 2.05) is 0 Å². The summed E-state index contributed by atoms with van der Waals surface area (Å²) in [7, 11) is 0. The molecule has 3 nitrogen and oxygen atoms in total. The Hall–Kier alpha value is -1.72. The molecule has 1 heterocycles. The Labute approximate surface area is 123 Å². The zero-order valence-corrected chi connectivity index (χ0v) is 11.7. The molecule has 0 atom stereocenters. The van der Waals surface area contributed by atoms with Crippen LogP contribution >= 0.6 is 23.2 Å². The predicted octanol–water partition coefficient (Wildman–Crippen LogP) is 4.23. The van der Waals surface area contributed by atoms with Crippen molar-refractivity contribution in [3.8, 4) is 0 Å². The fourth-order valence-electron chi connectivity index (χ4n) is 1.53. The Morgan fingerprint density at radius 3 is 2.65 bits per heavy atom. The average molecular weight is 317 g/mol. The minimum Gasteiger partial charge on any atom is -0.320 e. The fraction of sp³-hybridized carbons (Fsp3) is 0.0769. The molecule has 20 heavy (non-hydrogen) atoms. The number of hydrogen-bond donors (Lipinski definition) is 1. The monoisotopic (exact) mass is 316 g/mol. The lowest BCUT2D eigenvalue weighted by molar-refractivity contribution is 0.102. The minimum absolute atomic E-state index is 0.212. The van der Waals surface area contributed by atoms with E-state index in [9.17, 15) is 13.6 Å². The molecule has 0 bridgehead atoms. The fourth-order valence-corrected chi connectivity index (χ4v) is 1.95. The number of nitrogens with one attached hydrogen (secondary N) is 1. The molecule has 1 N–H and O–H groups in total. The van der Waals surface area contributed by atoms with Gasteiger partial charge in [-0.3, -0.25) is 4.79 Å². The molecule has 1 aromatic carbocycles. The van der Waals surface area contributed by atoms with Crippen molar-refractivity contribution in [2.75, 3.05) is 5.32 Å². The number of aryl methyl sites for hydroxylation is 1. The van der Waals surface area contributed by atoms with E-state index in [-0.39, 0.29) is 10.7 Å². The van der Waals surface area contributed by atoms with Gasteiger partial charge in [0.25, 0.3) is 5.91 Å². The number of carbonyl (C=O) groups excluding carboxylic acids is 1. The Balaban J connectivity index is 2.33. The molecule has 0 radical (unpaired) electrons. The maximum Gasteiger partial charge on any atom is 0.258 e. The van der Waals surface area contributed by atoms with Crippen LogP contribution in [0.1, 0.15) is 15.9 Å². The summed E-state index contributed by atoms with van der Waals surface area (Å²) in [4.78, 5) is 15.0. The molecule has 0 fully saturated rings. The van der Waals surface area contributed by atoms with Gasteiger partial charge in [-0.25, -0.2) is 9.37 Å². The Morgan fingerprint density at radius 1 is 1.25 bits per heavy atom. The van der Waals surface area contributed by atoms with Gasteiger partial charge in [0.05, 0.1) is 16.3 Å². The molecule has 104 valence electrons. The highest BCUT2D eigenvalue weighted by molar-refractivity contribution is 6.36. The maximum absolute atomic E-state index is 13.4. The third-order valence-corrected chi connectivity index (χ3v) is 3.31. The van der Waals surface area contributed by atoms with Gasteiger partial charge in [-0.15, -0.1) is 0 Å². The second-order valence-electron chi connectivity index (χ2n) is 4.00. The van der Waals surface area contributed by atoms with E-state index < -0.39 is 23.2 Å². The second-order valence-corrected chi connectivity index (χ2v) is 4.81. The highest BCUT2D eigenvalue weighted by Crippen LogP contribution is 2.29. The van der Waals surface area contributed by atoms with Crippen molar-refractivity contribution in [2.45, 2.75) is 6.92 Å². The summed E-state index contributed by atoms with van der Waals surface area (Å²) in [5.74, 6) is -3.50. The normalized spacial score (nSPS) is 10.4.